The van der Waals surface area contributed by atoms with Crippen LogP contribution in [0, 0.1) is 0 Å². The molecule has 1 aromatic carbocycles. The number of benzene rings is 1. The highest BCUT2D eigenvalue weighted by Crippen LogP contribution is 2.14. The van der Waals surface area contributed by atoms with E-state index in [2.05, 4.69) is 22.3 Å². The molecule has 2 heterocycles. The molecule has 4 heteroatoms. The summed E-state index contributed by atoms with van der Waals surface area (Å²) in [5.74, 6) is 0. The molecule has 0 radical (unpaired) electrons. The molecule has 0 aliphatic carbocycles. The summed E-state index contributed by atoms with van der Waals surface area (Å²) >= 11 is 5.91. The van der Waals surface area contributed by atoms with Crippen molar-refractivity contribution in [1.29, 1.82) is 0 Å². The van der Waals surface area contributed by atoms with E-state index >= 15 is 0 Å². The molecular formula is C16H23ClN2O. The number of rotatable bonds is 4. The van der Waals surface area contributed by atoms with Gasteiger partial charge in [0.2, 0.25) is 0 Å². The molecule has 0 amide bonds. The quantitative estimate of drug-likeness (QED) is 0.922. The zero-order chi connectivity index (χ0) is 13.8. The average Bonchev–Trinajstić information content (AvgIpc) is 2.96. The summed E-state index contributed by atoms with van der Waals surface area (Å²) in [5.41, 5.74) is 1.31. The molecule has 0 bridgehead atoms. The zero-order valence-electron chi connectivity index (χ0n) is 11.9. The van der Waals surface area contributed by atoms with Crippen molar-refractivity contribution in [2.75, 3.05) is 32.8 Å². The van der Waals surface area contributed by atoms with Crippen molar-refractivity contribution in [2.45, 2.75) is 31.4 Å². The number of morpholine rings is 1. The molecular weight excluding hydrogens is 272 g/mol. The number of halogens is 1. The molecule has 2 aliphatic heterocycles. The molecule has 0 spiro atoms. The smallest absolute Gasteiger partial charge is 0.0826 e. The number of nitrogens with one attached hydrogen (secondary N) is 1. The van der Waals surface area contributed by atoms with Crippen molar-refractivity contribution in [3.8, 4) is 0 Å². The summed E-state index contributed by atoms with van der Waals surface area (Å²) in [7, 11) is 0. The number of hydrogen-bond acceptors (Lipinski definition) is 3. The standard InChI is InChI=1S/C16H23ClN2O/c17-14-5-3-13(4-6-14)9-15-12-20-16(10-18-15)11-19-7-1-2-8-19/h3-6,15-16,18H,1-2,7-12H2/t15-,16-/m0/s1. The Balaban J connectivity index is 1.42. The third kappa shape index (κ3) is 3.95. The SMILES string of the molecule is Clc1ccc(C[C@H]2CO[C@H](CN3CCCC3)CN2)cc1. The van der Waals surface area contributed by atoms with Gasteiger partial charge in [0.15, 0.2) is 0 Å². The van der Waals surface area contributed by atoms with Gasteiger partial charge in [-0.3, -0.25) is 0 Å². The summed E-state index contributed by atoms with van der Waals surface area (Å²) in [6.45, 7) is 5.35. The second-order valence-electron chi connectivity index (χ2n) is 5.90. The highest BCUT2D eigenvalue weighted by Gasteiger charge is 2.24. The van der Waals surface area contributed by atoms with Crippen LogP contribution in [0.15, 0.2) is 24.3 Å². The molecule has 3 nitrogen and oxygen atoms in total. The molecule has 2 aliphatic rings. The van der Waals surface area contributed by atoms with Gasteiger partial charge in [0.25, 0.3) is 0 Å². The monoisotopic (exact) mass is 294 g/mol. The van der Waals surface area contributed by atoms with E-state index in [4.69, 9.17) is 16.3 Å². The number of hydrogen-bond donors (Lipinski definition) is 1. The number of nitrogens with zero attached hydrogens (tertiary/aromatic N) is 1. The Morgan fingerprint density at radius 2 is 1.95 bits per heavy atom. The summed E-state index contributed by atoms with van der Waals surface area (Å²) < 4.78 is 6.02. The maximum atomic E-state index is 6.02. The second kappa shape index (κ2) is 6.90. The van der Waals surface area contributed by atoms with Crippen molar-refractivity contribution < 1.29 is 4.74 Å². The Hall–Kier alpha value is -0.610. The van der Waals surface area contributed by atoms with Crippen molar-refractivity contribution >= 4 is 11.6 Å². The van der Waals surface area contributed by atoms with Crippen molar-refractivity contribution in [1.82, 2.24) is 10.2 Å². The topological polar surface area (TPSA) is 24.5 Å². The highest BCUT2D eigenvalue weighted by atomic mass is 35.5. The summed E-state index contributed by atoms with van der Waals surface area (Å²) in [4.78, 5) is 2.52. The second-order valence-corrected chi connectivity index (χ2v) is 6.34. The molecule has 0 aromatic heterocycles. The fraction of sp³-hybridized carbons (Fsp3) is 0.625. The van der Waals surface area contributed by atoms with Gasteiger partial charge >= 0.3 is 0 Å². The molecule has 0 saturated carbocycles. The maximum absolute atomic E-state index is 6.02. The molecule has 1 N–H and O–H groups in total. The fourth-order valence-corrected chi connectivity index (χ4v) is 3.20. The fourth-order valence-electron chi connectivity index (χ4n) is 3.07. The first-order valence-corrected chi connectivity index (χ1v) is 7.99. The third-order valence-corrected chi connectivity index (χ3v) is 4.48. The molecule has 2 fully saturated rings. The van der Waals surface area contributed by atoms with Gasteiger partial charge in [-0.1, -0.05) is 23.7 Å². The predicted molar refractivity (Wildman–Crippen MR) is 82.4 cm³/mol. The lowest BCUT2D eigenvalue weighted by Crippen LogP contribution is -2.50. The molecule has 0 unspecified atom stereocenters. The minimum atomic E-state index is 0.356. The Morgan fingerprint density at radius 1 is 1.20 bits per heavy atom. The van der Waals surface area contributed by atoms with Crippen LogP contribution in [0.1, 0.15) is 18.4 Å². The lowest BCUT2D eigenvalue weighted by Gasteiger charge is -2.32. The van der Waals surface area contributed by atoms with Crippen LogP contribution in [-0.2, 0) is 11.2 Å². The van der Waals surface area contributed by atoms with Crippen LogP contribution < -0.4 is 5.32 Å². The first-order chi connectivity index (χ1) is 9.79. The van der Waals surface area contributed by atoms with Gasteiger partial charge in [-0.15, -0.1) is 0 Å². The third-order valence-electron chi connectivity index (χ3n) is 4.22. The van der Waals surface area contributed by atoms with Crippen molar-refractivity contribution in [3.05, 3.63) is 34.9 Å². The Bertz CT molecular complexity index is 409. The van der Waals surface area contributed by atoms with Crippen LogP contribution in [-0.4, -0.2) is 49.8 Å². The van der Waals surface area contributed by atoms with Gasteiger partial charge in [0.1, 0.15) is 0 Å². The molecule has 110 valence electrons. The highest BCUT2D eigenvalue weighted by molar-refractivity contribution is 6.30. The lowest BCUT2D eigenvalue weighted by molar-refractivity contribution is -0.0113. The van der Waals surface area contributed by atoms with E-state index in [-0.39, 0.29) is 0 Å². The van der Waals surface area contributed by atoms with Gasteiger partial charge < -0.3 is 15.0 Å². The van der Waals surface area contributed by atoms with Crippen LogP contribution in [0.3, 0.4) is 0 Å². The minimum absolute atomic E-state index is 0.356. The van der Waals surface area contributed by atoms with E-state index in [0.717, 1.165) is 31.1 Å². The van der Waals surface area contributed by atoms with Gasteiger partial charge in [-0.2, -0.15) is 0 Å². The van der Waals surface area contributed by atoms with E-state index < -0.39 is 0 Å². The van der Waals surface area contributed by atoms with E-state index in [1.54, 1.807) is 0 Å². The van der Waals surface area contributed by atoms with E-state index in [9.17, 15) is 0 Å². The molecule has 2 saturated heterocycles. The van der Waals surface area contributed by atoms with Crippen molar-refractivity contribution in [3.63, 3.8) is 0 Å². The van der Waals surface area contributed by atoms with Crippen LogP contribution in [0.4, 0.5) is 0 Å². The van der Waals surface area contributed by atoms with Crippen molar-refractivity contribution in [2.24, 2.45) is 0 Å². The normalized spacial score (nSPS) is 27.9. The lowest BCUT2D eigenvalue weighted by atomic mass is 10.1. The molecule has 1 aromatic rings. The number of ether oxygens (including phenoxy) is 1. The molecule has 20 heavy (non-hydrogen) atoms. The summed E-state index contributed by atoms with van der Waals surface area (Å²) in [6.07, 6.45) is 4.06. The summed E-state index contributed by atoms with van der Waals surface area (Å²) in [6, 6.07) is 8.53. The van der Waals surface area contributed by atoms with E-state index in [1.165, 1.54) is 31.5 Å². The first-order valence-electron chi connectivity index (χ1n) is 7.61. The Morgan fingerprint density at radius 3 is 2.60 bits per heavy atom. The van der Waals surface area contributed by atoms with E-state index in [1.807, 2.05) is 12.1 Å². The Kier molecular flexibility index (Phi) is 4.94. The average molecular weight is 295 g/mol. The summed E-state index contributed by atoms with van der Waals surface area (Å²) in [5, 5.41) is 4.42. The minimum Gasteiger partial charge on any atom is -0.374 e. The number of likely N-dealkylation sites (tertiary alicyclic amines) is 1. The van der Waals surface area contributed by atoms with Gasteiger partial charge in [-0.25, -0.2) is 0 Å². The van der Waals surface area contributed by atoms with E-state index in [0.29, 0.717) is 12.1 Å². The van der Waals surface area contributed by atoms with Gasteiger partial charge in [0.05, 0.1) is 12.7 Å². The van der Waals surface area contributed by atoms with Crippen LogP contribution in [0.5, 0.6) is 0 Å². The van der Waals surface area contributed by atoms with Crippen LogP contribution in [0.2, 0.25) is 5.02 Å². The zero-order valence-corrected chi connectivity index (χ0v) is 12.6. The maximum Gasteiger partial charge on any atom is 0.0826 e. The molecule has 3 rings (SSSR count). The largest absolute Gasteiger partial charge is 0.374 e. The van der Waals surface area contributed by atoms with Crippen LogP contribution >= 0.6 is 11.6 Å². The predicted octanol–water partition coefficient (Wildman–Crippen LogP) is 2.34. The first kappa shape index (κ1) is 14.3. The Labute approximate surface area is 126 Å². The van der Waals surface area contributed by atoms with Crippen LogP contribution in [0.25, 0.3) is 0 Å². The van der Waals surface area contributed by atoms with Gasteiger partial charge in [0, 0.05) is 24.2 Å². The van der Waals surface area contributed by atoms with Gasteiger partial charge in [-0.05, 0) is 50.0 Å². The molecule has 2 atom stereocenters.